The molecule has 2 heterocycles. The van der Waals surface area contributed by atoms with Crippen molar-refractivity contribution in [3.63, 3.8) is 0 Å². The molecule has 1 aromatic heterocycles. The maximum absolute atomic E-state index is 5.57. The van der Waals surface area contributed by atoms with Crippen molar-refractivity contribution in [3.8, 4) is 0 Å². The second-order valence-corrected chi connectivity index (χ2v) is 4.70. The van der Waals surface area contributed by atoms with Crippen LogP contribution in [0.1, 0.15) is 38.0 Å². The highest BCUT2D eigenvalue weighted by atomic mass is 79.9. The number of hydrogen-bond donors (Lipinski definition) is 0. The summed E-state index contributed by atoms with van der Waals surface area (Å²) in [5.74, 6) is 1.07. The molecule has 1 aliphatic rings. The Kier molecular flexibility index (Phi) is 3.29. The van der Waals surface area contributed by atoms with Gasteiger partial charge in [-0.15, -0.1) is 0 Å². The molecule has 2 nitrogen and oxygen atoms in total. The lowest BCUT2D eigenvalue weighted by molar-refractivity contribution is 0.156. The predicted molar refractivity (Wildman–Crippen MR) is 60.2 cm³/mol. The summed E-state index contributed by atoms with van der Waals surface area (Å²) in [4.78, 5) is 2.49. The van der Waals surface area contributed by atoms with Gasteiger partial charge >= 0.3 is 0 Å². The van der Waals surface area contributed by atoms with Crippen molar-refractivity contribution in [2.45, 2.75) is 32.2 Å². The zero-order valence-corrected chi connectivity index (χ0v) is 10.1. The number of hydrogen-bond acceptors (Lipinski definition) is 2. The van der Waals surface area contributed by atoms with Crippen molar-refractivity contribution in [1.82, 2.24) is 4.90 Å². The van der Waals surface area contributed by atoms with Gasteiger partial charge in [-0.05, 0) is 60.9 Å². The first-order chi connectivity index (χ1) is 6.77. The minimum absolute atomic E-state index is 0.418. The molecule has 0 spiro atoms. The number of halogens is 1. The molecule has 2 rings (SSSR count). The van der Waals surface area contributed by atoms with Crippen LogP contribution in [0.4, 0.5) is 0 Å². The van der Waals surface area contributed by atoms with Crippen molar-refractivity contribution >= 4 is 15.9 Å². The van der Waals surface area contributed by atoms with E-state index in [4.69, 9.17) is 4.42 Å². The van der Waals surface area contributed by atoms with Gasteiger partial charge in [-0.25, -0.2) is 0 Å². The fourth-order valence-electron chi connectivity index (χ4n) is 2.04. The quantitative estimate of drug-likeness (QED) is 0.806. The van der Waals surface area contributed by atoms with Crippen molar-refractivity contribution < 1.29 is 4.42 Å². The van der Waals surface area contributed by atoms with Gasteiger partial charge in [-0.2, -0.15) is 0 Å². The van der Waals surface area contributed by atoms with Crippen molar-refractivity contribution in [2.24, 2.45) is 0 Å². The van der Waals surface area contributed by atoms with Crippen LogP contribution in [-0.4, -0.2) is 18.0 Å². The van der Waals surface area contributed by atoms with Crippen LogP contribution < -0.4 is 0 Å². The van der Waals surface area contributed by atoms with Crippen LogP contribution in [0.5, 0.6) is 0 Å². The van der Waals surface area contributed by atoms with E-state index in [-0.39, 0.29) is 0 Å². The van der Waals surface area contributed by atoms with Crippen LogP contribution in [0.25, 0.3) is 0 Å². The van der Waals surface area contributed by atoms with Gasteiger partial charge in [0.15, 0.2) is 4.67 Å². The molecule has 0 aliphatic carbocycles. The second-order valence-electron chi connectivity index (χ2n) is 3.91. The van der Waals surface area contributed by atoms with Gasteiger partial charge in [-0.1, -0.05) is 6.42 Å². The van der Waals surface area contributed by atoms with Crippen LogP contribution in [0, 0.1) is 0 Å². The summed E-state index contributed by atoms with van der Waals surface area (Å²) in [7, 11) is 0. The molecule has 1 aromatic rings. The summed E-state index contributed by atoms with van der Waals surface area (Å²) in [5, 5.41) is 0. The normalized spacial score (nSPS) is 21.0. The summed E-state index contributed by atoms with van der Waals surface area (Å²) < 4.78 is 6.40. The molecule has 0 saturated carbocycles. The van der Waals surface area contributed by atoms with Crippen molar-refractivity contribution in [1.29, 1.82) is 0 Å². The summed E-state index contributed by atoms with van der Waals surface area (Å²) in [5.41, 5.74) is 0. The molecule has 1 saturated heterocycles. The Bertz CT molecular complexity index is 291. The lowest BCUT2D eigenvalue weighted by Gasteiger charge is -2.31. The minimum atomic E-state index is 0.418. The molecule has 0 amide bonds. The van der Waals surface area contributed by atoms with Crippen LogP contribution in [0.3, 0.4) is 0 Å². The molecule has 0 N–H and O–H groups in total. The van der Waals surface area contributed by atoms with E-state index in [0.717, 1.165) is 10.4 Å². The van der Waals surface area contributed by atoms with Gasteiger partial charge in [-0.3, -0.25) is 4.90 Å². The maximum Gasteiger partial charge on any atom is 0.169 e. The summed E-state index contributed by atoms with van der Waals surface area (Å²) in [6.07, 6.45) is 4.03. The Hall–Kier alpha value is -0.280. The van der Waals surface area contributed by atoms with E-state index in [9.17, 15) is 0 Å². The third-order valence-electron chi connectivity index (χ3n) is 2.94. The molecule has 1 atom stereocenters. The largest absolute Gasteiger partial charge is 0.453 e. The minimum Gasteiger partial charge on any atom is -0.453 e. The Morgan fingerprint density at radius 1 is 1.29 bits per heavy atom. The fourth-order valence-corrected chi connectivity index (χ4v) is 2.36. The van der Waals surface area contributed by atoms with Gasteiger partial charge in [0, 0.05) is 0 Å². The Balaban J connectivity index is 2.03. The third kappa shape index (κ3) is 2.20. The zero-order valence-electron chi connectivity index (χ0n) is 8.50. The zero-order chi connectivity index (χ0) is 9.97. The van der Waals surface area contributed by atoms with Crippen LogP contribution >= 0.6 is 15.9 Å². The average molecular weight is 258 g/mol. The molecule has 3 heteroatoms. The van der Waals surface area contributed by atoms with Crippen LogP contribution in [-0.2, 0) is 0 Å². The molecular formula is C11H16BrNO. The first-order valence-corrected chi connectivity index (χ1v) is 6.06. The number of furan rings is 1. The first kappa shape index (κ1) is 10.2. The highest BCUT2D eigenvalue weighted by Gasteiger charge is 2.20. The van der Waals surface area contributed by atoms with Gasteiger partial charge in [0.05, 0.1) is 6.04 Å². The van der Waals surface area contributed by atoms with E-state index in [1.807, 2.05) is 6.07 Å². The summed E-state index contributed by atoms with van der Waals surface area (Å²) >= 11 is 3.34. The van der Waals surface area contributed by atoms with E-state index < -0.39 is 0 Å². The predicted octanol–water partition coefficient (Wildman–Crippen LogP) is 3.59. The van der Waals surface area contributed by atoms with E-state index in [0.29, 0.717) is 6.04 Å². The monoisotopic (exact) mass is 257 g/mol. The number of likely N-dealkylation sites (tertiary alicyclic amines) is 1. The second kappa shape index (κ2) is 4.49. The third-order valence-corrected chi connectivity index (χ3v) is 3.37. The number of piperidine rings is 1. The lowest BCUT2D eigenvalue weighted by atomic mass is 10.1. The Morgan fingerprint density at radius 2 is 2.00 bits per heavy atom. The molecule has 0 aromatic carbocycles. The highest BCUT2D eigenvalue weighted by molar-refractivity contribution is 9.10. The smallest absolute Gasteiger partial charge is 0.169 e. The molecule has 1 aliphatic heterocycles. The molecule has 1 fully saturated rings. The molecular weight excluding hydrogens is 242 g/mol. The van der Waals surface area contributed by atoms with E-state index >= 15 is 0 Å². The van der Waals surface area contributed by atoms with Gasteiger partial charge in [0.2, 0.25) is 0 Å². The average Bonchev–Trinajstić information content (AvgIpc) is 2.65. The molecule has 14 heavy (non-hydrogen) atoms. The van der Waals surface area contributed by atoms with Crippen LogP contribution in [0.15, 0.2) is 21.2 Å². The molecule has 78 valence electrons. The van der Waals surface area contributed by atoms with Crippen LogP contribution in [0.2, 0.25) is 0 Å². The van der Waals surface area contributed by atoms with Gasteiger partial charge in [0.25, 0.3) is 0 Å². The molecule has 1 unspecified atom stereocenters. The number of rotatable bonds is 2. The topological polar surface area (TPSA) is 16.4 Å². The van der Waals surface area contributed by atoms with Gasteiger partial charge < -0.3 is 4.42 Å². The summed E-state index contributed by atoms with van der Waals surface area (Å²) in [6.45, 7) is 4.63. The van der Waals surface area contributed by atoms with Gasteiger partial charge in [0.1, 0.15) is 5.76 Å². The number of nitrogens with zero attached hydrogens (tertiary/aromatic N) is 1. The Morgan fingerprint density at radius 3 is 2.57 bits per heavy atom. The first-order valence-electron chi connectivity index (χ1n) is 5.26. The van der Waals surface area contributed by atoms with Crippen molar-refractivity contribution in [2.75, 3.05) is 13.1 Å². The summed E-state index contributed by atoms with van der Waals surface area (Å²) in [6, 6.07) is 4.45. The molecule has 0 bridgehead atoms. The molecule has 0 radical (unpaired) electrons. The van der Waals surface area contributed by atoms with Crippen molar-refractivity contribution in [3.05, 3.63) is 22.6 Å². The van der Waals surface area contributed by atoms with E-state index in [1.54, 1.807) is 0 Å². The lowest BCUT2D eigenvalue weighted by Crippen LogP contribution is -2.32. The van der Waals surface area contributed by atoms with E-state index in [2.05, 4.69) is 33.8 Å². The SMILES string of the molecule is CC(c1ccc(Br)o1)N1CCCCC1. The Labute approximate surface area is 93.4 Å². The van der Waals surface area contributed by atoms with E-state index in [1.165, 1.54) is 32.4 Å². The fraction of sp³-hybridized carbons (Fsp3) is 0.636. The standard InChI is InChI=1S/C11H16BrNO/c1-9(10-5-6-11(12)14-10)13-7-3-2-4-8-13/h5-6,9H,2-4,7-8H2,1H3. The highest BCUT2D eigenvalue weighted by Crippen LogP contribution is 2.27. The maximum atomic E-state index is 5.57.